The Bertz CT molecular complexity index is 1540. The minimum atomic E-state index is -0.410. The first kappa shape index (κ1) is 18.0. The third-order valence-corrected chi connectivity index (χ3v) is 5.35. The van der Waals surface area contributed by atoms with E-state index < -0.39 is 5.69 Å². The number of para-hydroxylation sites is 1. The first-order chi connectivity index (χ1) is 14.5. The average molecular weight is 401 g/mol. The summed E-state index contributed by atoms with van der Waals surface area (Å²) in [4.78, 5) is 30.0. The van der Waals surface area contributed by atoms with Crippen LogP contribution < -0.4 is 16.0 Å². The van der Waals surface area contributed by atoms with Crippen molar-refractivity contribution in [2.45, 2.75) is 0 Å². The third-order valence-electron chi connectivity index (χ3n) is 5.35. The van der Waals surface area contributed by atoms with Crippen LogP contribution >= 0.6 is 0 Å². The first-order valence-electron chi connectivity index (χ1n) is 9.40. The summed E-state index contributed by atoms with van der Waals surface area (Å²) in [6, 6.07) is 17.5. The highest BCUT2D eigenvalue weighted by molar-refractivity contribution is 5.79. The lowest BCUT2D eigenvalue weighted by Gasteiger charge is -2.10. The maximum atomic E-state index is 12.9. The van der Waals surface area contributed by atoms with Gasteiger partial charge in [-0.3, -0.25) is 22.9 Å². The van der Waals surface area contributed by atoms with E-state index in [0.29, 0.717) is 16.9 Å². The quantitative estimate of drug-likeness (QED) is 0.465. The summed E-state index contributed by atoms with van der Waals surface area (Å²) < 4.78 is 11.6. The lowest BCUT2D eigenvalue weighted by Crippen LogP contribution is -2.37. The molecule has 0 unspecified atom stereocenters. The van der Waals surface area contributed by atoms with Crippen molar-refractivity contribution >= 4 is 16.9 Å². The molecule has 2 aromatic carbocycles. The van der Waals surface area contributed by atoms with Crippen LogP contribution in [0.15, 0.2) is 70.4 Å². The molecule has 5 aromatic rings. The average Bonchev–Trinajstić information content (AvgIpc) is 3.33. The third kappa shape index (κ3) is 2.43. The summed E-state index contributed by atoms with van der Waals surface area (Å²) in [5.41, 5.74) is 2.56. The summed E-state index contributed by atoms with van der Waals surface area (Å²) in [7, 11) is 4.72. The van der Waals surface area contributed by atoms with Gasteiger partial charge in [0.1, 0.15) is 5.75 Å². The van der Waals surface area contributed by atoms with E-state index in [9.17, 15) is 9.59 Å². The zero-order valence-electron chi connectivity index (χ0n) is 16.7. The number of aromatic nitrogens is 5. The second-order valence-corrected chi connectivity index (χ2v) is 7.08. The number of ether oxygens (including phenoxy) is 1. The zero-order chi connectivity index (χ0) is 21.0. The zero-order valence-corrected chi connectivity index (χ0v) is 16.7. The van der Waals surface area contributed by atoms with E-state index >= 15 is 0 Å². The van der Waals surface area contributed by atoms with Gasteiger partial charge >= 0.3 is 5.69 Å². The van der Waals surface area contributed by atoms with Gasteiger partial charge in [0.2, 0.25) is 5.78 Å². The molecule has 8 heteroatoms. The summed E-state index contributed by atoms with van der Waals surface area (Å²) in [5.74, 6) is 1.28. The molecule has 0 atom stereocenters. The molecule has 0 amide bonds. The number of methoxy groups -OCH3 is 1. The van der Waals surface area contributed by atoms with Crippen molar-refractivity contribution in [2.75, 3.05) is 7.11 Å². The van der Waals surface area contributed by atoms with Crippen LogP contribution in [-0.4, -0.2) is 30.2 Å². The Balaban J connectivity index is 1.96. The molecule has 8 nitrogen and oxygen atoms in total. The maximum absolute atomic E-state index is 12.9. The molecule has 0 spiro atoms. The maximum Gasteiger partial charge on any atom is 0.332 e. The monoisotopic (exact) mass is 401 g/mol. The van der Waals surface area contributed by atoms with Crippen LogP contribution in [0, 0.1) is 0 Å². The Labute approximate surface area is 170 Å². The molecular weight excluding hydrogens is 382 g/mol. The summed E-state index contributed by atoms with van der Waals surface area (Å²) in [5, 5.41) is 0. The Morgan fingerprint density at radius 2 is 1.70 bits per heavy atom. The van der Waals surface area contributed by atoms with E-state index in [2.05, 4.69) is 4.98 Å². The van der Waals surface area contributed by atoms with Crippen LogP contribution in [0.4, 0.5) is 0 Å². The molecule has 30 heavy (non-hydrogen) atoms. The lowest BCUT2D eigenvalue weighted by molar-refractivity contribution is 0.415. The van der Waals surface area contributed by atoms with Gasteiger partial charge in [0.05, 0.1) is 12.8 Å². The number of benzene rings is 2. The van der Waals surface area contributed by atoms with Crippen molar-refractivity contribution in [1.29, 1.82) is 0 Å². The van der Waals surface area contributed by atoms with Gasteiger partial charge in [-0.25, -0.2) is 4.79 Å². The smallest absolute Gasteiger partial charge is 0.332 e. The predicted molar refractivity (Wildman–Crippen MR) is 114 cm³/mol. The first-order valence-corrected chi connectivity index (χ1v) is 9.40. The minimum Gasteiger partial charge on any atom is -0.497 e. The van der Waals surface area contributed by atoms with Crippen LogP contribution in [0.3, 0.4) is 0 Å². The lowest BCUT2D eigenvalue weighted by atomic mass is 10.1. The van der Waals surface area contributed by atoms with Gasteiger partial charge in [-0.05, 0) is 24.3 Å². The normalized spacial score (nSPS) is 11.4. The molecule has 5 rings (SSSR count). The van der Waals surface area contributed by atoms with Crippen molar-refractivity contribution in [3.8, 4) is 22.7 Å². The van der Waals surface area contributed by atoms with Crippen LogP contribution in [0.1, 0.15) is 0 Å². The van der Waals surface area contributed by atoms with E-state index in [1.807, 2.05) is 65.4 Å². The summed E-state index contributed by atoms with van der Waals surface area (Å²) in [6.07, 6.45) is 1.87. The summed E-state index contributed by atoms with van der Waals surface area (Å²) >= 11 is 0. The Kier molecular flexibility index (Phi) is 3.89. The Morgan fingerprint density at radius 1 is 0.933 bits per heavy atom. The van der Waals surface area contributed by atoms with Gasteiger partial charge in [0.25, 0.3) is 5.56 Å². The molecule has 0 aliphatic rings. The minimum absolute atomic E-state index is 0.347. The van der Waals surface area contributed by atoms with Gasteiger partial charge in [-0.1, -0.05) is 30.3 Å². The van der Waals surface area contributed by atoms with E-state index in [-0.39, 0.29) is 5.56 Å². The van der Waals surface area contributed by atoms with E-state index in [4.69, 9.17) is 4.74 Å². The van der Waals surface area contributed by atoms with Gasteiger partial charge < -0.3 is 4.74 Å². The highest BCUT2D eigenvalue weighted by Crippen LogP contribution is 2.30. The molecule has 3 heterocycles. The van der Waals surface area contributed by atoms with Crippen molar-refractivity contribution in [3.05, 3.63) is 81.6 Å². The molecule has 0 saturated heterocycles. The fourth-order valence-electron chi connectivity index (χ4n) is 3.79. The van der Waals surface area contributed by atoms with Crippen LogP contribution in [0.2, 0.25) is 0 Å². The standard InChI is InChI=1S/C22H19N5O3/c1-24-19-18(20(28)25(2)22(24)29)26-13-17(14-8-7-11-16(12-14)30-3)27(21(26)23-19)15-9-5-4-6-10-15/h4-13H,1-3H3. The number of nitrogens with zero attached hydrogens (tertiary/aromatic N) is 5. The van der Waals surface area contributed by atoms with Gasteiger partial charge in [0, 0.05) is 31.5 Å². The van der Waals surface area contributed by atoms with Crippen LogP contribution in [0.5, 0.6) is 5.75 Å². The van der Waals surface area contributed by atoms with Crippen molar-refractivity contribution < 1.29 is 4.74 Å². The van der Waals surface area contributed by atoms with Crippen molar-refractivity contribution in [1.82, 2.24) is 23.1 Å². The second kappa shape index (κ2) is 6.48. The molecule has 0 bridgehead atoms. The summed E-state index contributed by atoms with van der Waals surface area (Å²) in [6.45, 7) is 0. The van der Waals surface area contributed by atoms with Gasteiger partial charge in [-0.2, -0.15) is 4.98 Å². The van der Waals surface area contributed by atoms with Gasteiger partial charge in [-0.15, -0.1) is 0 Å². The number of imidazole rings is 2. The SMILES string of the molecule is COc1cccc(-c2cn3c4c(=O)n(C)c(=O)n(C)c4nc3n2-c2ccccc2)c1. The van der Waals surface area contributed by atoms with Crippen LogP contribution in [-0.2, 0) is 14.1 Å². The molecule has 0 fully saturated rings. The molecular formula is C22H19N5O3. The van der Waals surface area contributed by atoms with Crippen molar-refractivity contribution in [3.63, 3.8) is 0 Å². The topological polar surface area (TPSA) is 75.5 Å². The van der Waals surface area contributed by atoms with Gasteiger partial charge in [0.15, 0.2) is 11.2 Å². The number of rotatable bonds is 3. The fourth-order valence-corrected chi connectivity index (χ4v) is 3.79. The number of fused-ring (bicyclic) bond motifs is 3. The predicted octanol–water partition coefficient (Wildman–Crippen LogP) is 2.35. The molecule has 0 radical (unpaired) electrons. The van der Waals surface area contributed by atoms with E-state index in [1.165, 1.54) is 11.6 Å². The van der Waals surface area contributed by atoms with Crippen molar-refractivity contribution in [2.24, 2.45) is 14.1 Å². The molecule has 150 valence electrons. The molecule has 0 saturated carbocycles. The number of hydrogen-bond donors (Lipinski definition) is 0. The Hall–Kier alpha value is -4.07. The molecule has 3 aromatic heterocycles. The molecule has 0 aliphatic heterocycles. The highest BCUT2D eigenvalue weighted by Gasteiger charge is 2.21. The largest absolute Gasteiger partial charge is 0.497 e. The number of aryl methyl sites for hydroxylation is 1. The van der Waals surface area contributed by atoms with E-state index in [1.54, 1.807) is 18.6 Å². The Morgan fingerprint density at radius 3 is 2.43 bits per heavy atom. The molecule has 0 aliphatic carbocycles. The fraction of sp³-hybridized carbons (Fsp3) is 0.136. The van der Waals surface area contributed by atoms with Crippen LogP contribution in [0.25, 0.3) is 33.9 Å². The van der Waals surface area contributed by atoms with E-state index in [0.717, 1.165) is 27.3 Å². The molecule has 0 N–H and O–H groups in total. The highest BCUT2D eigenvalue weighted by atomic mass is 16.5. The second-order valence-electron chi connectivity index (χ2n) is 7.08. The number of hydrogen-bond acceptors (Lipinski definition) is 4.